The first-order chi connectivity index (χ1) is 15.6. The zero-order chi connectivity index (χ0) is 22.3. The van der Waals surface area contributed by atoms with Crippen LogP contribution in [0.5, 0.6) is 0 Å². The Morgan fingerprint density at radius 2 is 1.53 bits per heavy atom. The van der Waals surface area contributed by atoms with Crippen molar-refractivity contribution in [1.29, 1.82) is 0 Å². The van der Waals surface area contributed by atoms with Crippen molar-refractivity contribution in [2.75, 3.05) is 13.7 Å². The second-order valence-corrected chi connectivity index (χ2v) is 7.64. The van der Waals surface area contributed by atoms with Crippen LogP contribution < -0.4 is 0 Å². The van der Waals surface area contributed by atoms with Crippen LogP contribution in [0.3, 0.4) is 0 Å². The predicted molar refractivity (Wildman–Crippen MR) is 124 cm³/mol. The van der Waals surface area contributed by atoms with Gasteiger partial charge in [-0.1, -0.05) is 42.2 Å². The number of aryl methyl sites for hydroxylation is 2. The molecule has 0 unspecified atom stereocenters. The summed E-state index contributed by atoms with van der Waals surface area (Å²) in [7, 11) is 1.70. The molecular formula is C28H23F2NO. The molecule has 1 heterocycles. The molecule has 2 nitrogen and oxygen atoms in total. The molecule has 3 aromatic carbocycles. The van der Waals surface area contributed by atoms with Crippen molar-refractivity contribution in [2.24, 2.45) is 0 Å². The molecule has 4 heteroatoms. The highest BCUT2D eigenvalue weighted by molar-refractivity contribution is 5.84. The number of benzene rings is 3. The van der Waals surface area contributed by atoms with Crippen LogP contribution in [0.4, 0.5) is 8.78 Å². The topological polar surface area (TPSA) is 22.1 Å². The maximum Gasteiger partial charge on any atom is 0.166 e. The minimum Gasteiger partial charge on any atom is -0.384 e. The van der Waals surface area contributed by atoms with E-state index in [1.165, 1.54) is 11.1 Å². The number of ether oxygens (including phenoxy) is 1. The third-order valence-corrected chi connectivity index (χ3v) is 5.36. The number of hydrogen-bond acceptors (Lipinski definition) is 2. The van der Waals surface area contributed by atoms with Crippen molar-refractivity contribution in [3.8, 4) is 11.8 Å². The molecule has 0 spiro atoms. The van der Waals surface area contributed by atoms with Gasteiger partial charge in [0.25, 0.3) is 0 Å². The van der Waals surface area contributed by atoms with E-state index in [2.05, 4.69) is 41.1 Å². The van der Waals surface area contributed by atoms with E-state index in [0.717, 1.165) is 42.1 Å². The lowest BCUT2D eigenvalue weighted by Crippen LogP contribution is -1.98. The van der Waals surface area contributed by atoms with E-state index >= 15 is 0 Å². The number of halogens is 2. The first kappa shape index (κ1) is 21.7. The van der Waals surface area contributed by atoms with Gasteiger partial charge in [0.2, 0.25) is 0 Å². The molecule has 0 aliphatic heterocycles. The summed E-state index contributed by atoms with van der Waals surface area (Å²) in [6.07, 6.45) is 4.58. The van der Waals surface area contributed by atoms with Crippen molar-refractivity contribution in [2.45, 2.75) is 19.3 Å². The fraction of sp³-hybridized carbons (Fsp3) is 0.179. The molecule has 160 valence electrons. The number of nitrogens with zero attached hydrogens (tertiary/aromatic N) is 1. The Kier molecular flexibility index (Phi) is 6.89. The quantitative estimate of drug-likeness (QED) is 0.358. The summed E-state index contributed by atoms with van der Waals surface area (Å²) in [5.74, 6) is 4.57. The number of pyridine rings is 1. The molecule has 0 bridgehead atoms. The summed E-state index contributed by atoms with van der Waals surface area (Å²) in [5.41, 5.74) is 5.14. The molecule has 0 amide bonds. The Balaban J connectivity index is 1.38. The van der Waals surface area contributed by atoms with Gasteiger partial charge >= 0.3 is 0 Å². The Morgan fingerprint density at radius 1 is 0.781 bits per heavy atom. The number of fused-ring (bicyclic) bond motifs is 1. The number of hydrogen-bond donors (Lipinski definition) is 0. The molecule has 32 heavy (non-hydrogen) atoms. The lowest BCUT2D eigenvalue weighted by Gasteiger charge is -2.04. The van der Waals surface area contributed by atoms with Crippen molar-refractivity contribution < 1.29 is 13.5 Å². The van der Waals surface area contributed by atoms with Gasteiger partial charge in [0.05, 0.1) is 6.61 Å². The highest BCUT2D eigenvalue weighted by atomic mass is 19.2. The maximum atomic E-state index is 13.8. The van der Waals surface area contributed by atoms with Crippen molar-refractivity contribution in [3.63, 3.8) is 0 Å². The van der Waals surface area contributed by atoms with Crippen LogP contribution in [0.1, 0.15) is 27.9 Å². The van der Waals surface area contributed by atoms with E-state index in [-0.39, 0.29) is 5.39 Å². The number of rotatable bonds is 6. The summed E-state index contributed by atoms with van der Waals surface area (Å²) < 4.78 is 32.3. The number of aromatic nitrogens is 1. The van der Waals surface area contributed by atoms with Gasteiger partial charge in [-0.15, -0.1) is 0 Å². The first-order valence-electron chi connectivity index (χ1n) is 10.5. The second kappa shape index (κ2) is 10.2. The molecule has 0 saturated heterocycles. The van der Waals surface area contributed by atoms with Crippen molar-refractivity contribution >= 4 is 10.8 Å². The minimum absolute atomic E-state index is 0.263. The lowest BCUT2D eigenvalue weighted by atomic mass is 10.0. The van der Waals surface area contributed by atoms with Crippen LogP contribution in [0.25, 0.3) is 10.8 Å². The number of methoxy groups -OCH3 is 1. The van der Waals surface area contributed by atoms with Crippen molar-refractivity contribution in [3.05, 3.63) is 113 Å². The third kappa shape index (κ3) is 5.38. The fourth-order valence-electron chi connectivity index (χ4n) is 3.49. The van der Waals surface area contributed by atoms with E-state index in [4.69, 9.17) is 4.74 Å². The first-order valence-corrected chi connectivity index (χ1v) is 10.5. The molecule has 0 radical (unpaired) electrons. The van der Waals surface area contributed by atoms with Gasteiger partial charge in [0.1, 0.15) is 0 Å². The van der Waals surface area contributed by atoms with Crippen LogP contribution in [-0.4, -0.2) is 18.7 Å². The van der Waals surface area contributed by atoms with E-state index in [1.54, 1.807) is 31.4 Å². The van der Waals surface area contributed by atoms with Crippen LogP contribution in [-0.2, 0) is 24.0 Å². The second-order valence-electron chi connectivity index (χ2n) is 7.64. The average molecular weight is 427 g/mol. The van der Waals surface area contributed by atoms with Gasteiger partial charge in [0, 0.05) is 35.5 Å². The minimum atomic E-state index is -0.841. The van der Waals surface area contributed by atoms with Crippen molar-refractivity contribution in [1.82, 2.24) is 4.98 Å². The summed E-state index contributed by atoms with van der Waals surface area (Å²) in [4.78, 5) is 4.54. The molecule has 0 aliphatic rings. The molecule has 4 aromatic rings. The smallest absolute Gasteiger partial charge is 0.166 e. The third-order valence-electron chi connectivity index (χ3n) is 5.36. The van der Waals surface area contributed by atoms with Gasteiger partial charge in [-0.2, -0.15) is 0 Å². The van der Waals surface area contributed by atoms with Crippen LogP contribution >= 0.6 is 0 Å². The molecular weight excluding hydrogens is 404 g/mol. The highest BCUT2D eigenvalue weighted by Gasteiger charge is 2.06. The summed E-state index contributed by atoms with van der Waals surface area (Å²) in [6, 6.07) is 20.1. The van der Waals surface area contributed by atoms with Gasteiger partial charge in [-0.3, -0.25) is 4.98 Å². The molecule has 0 aliphatic carbocycles. The molecule has 4 rings (SSSR count). The molecule has 0 atom stereocenters. The van der Waals surface area contributed by atoms with Crippen LogP contribution in [0, 0.1) is 23.5 Å². The predicted octanol–water partition coefficient (Wildman–Crippen LogP) is 5.89. The Hall–Kier alpha value is -3.55. The van der Waals surface area contributed by atoms with Crippen LogP contribution in [0.2, 0.25) is 0 Å². The zero-order valence-electron chi connectivity index (χ0n) is 17.9. The van der Waals surface area contributed by atoms with E-state index in [0.29, 0.717) is 12.0 Å². The fourth-order valence-corrected chi connectivity index (χ4v) is 3.49. The summed E-state index contributed by atoms with van der Waals surface area (Å²) >= 11 is 0. The van der Waals surface area contributed by atoms with Gasteiger partial charge in [-0.25, -0.2) is 8.78 Å². The zero-order valence-corrected chi connectivity index (χ0v) is 17.9. The normalized spacial score (nSPS) is 10.7. The molecule has 1 aromatic heterocycles. The Bertz CT molecular complexity index is 1270. The highest BCUT2D eigenvalue weighted by Crippen LogP contribution is 2.21. The maximum absolute atomic E-state index is 13.8. The van der Waals surface area contributed by atoms with E-state index < -0.39 is 11.6 Å². The molecule has 0 saturated carbocycles. The monoisotopic (exact) mass is 427 g/mol. The van der Waals surface area contributed by atoms with E-state index in [9.17, 15) is 8.78 Å². The van der Waals surface area contributed by atoms with Gasteiger partial charge < -0.3 is 4.74 Å². The SMILES string of the molecule is COCCc1ccc(CCc2ccc(C#Cc3ccc4c(F)c(F)ccc4c3)cc2)nc1. The largest absolute Gasteiger partial charge is 0.384 e. The Labute approximate surface area is 186 Å². The van der Waals surface area contributed by atoms with Gasteiger partial charge in [-0.05, 0) is 72.2 Å². The average Bonchev–Trinajstić information content (AvgIpc) is 2.84. The lowest BCUT2D eigenvalue weighted by molar-refractivity contribution is 0.202. The summed E-state index contributed by atoms with van der Waals surface area (Å²) in [6.45, 7) is 0.704. The van der Waals surface area contributed by atoms with Crippen LogP contribution in [0.15, 0.2) is 72.9 Å². The molecule has 0 fully saturated rings. The molecule has 0 N–H and O–H groups in total. The van der Waals surface area contributed by atoms with E-state index in [1.807, 2.05) is 18.3 Å². The Morgan fingerprint density at radius 3 is 2.28 bits per heavy atom. The standard InChI is InChI=1S/C28H23F2NO/c1-32-17-16-23-9-13-25(31-19-23)12-8-21-4-2-20(3-5-21)6-7-22-10-14-26-24(18-22)11-15-27(29)28(26)30/h2-5,9-11,13-15,18-19H,8,12,16-17H2,1H3. The summed E-state index contributed by atoms with van der Waals surface area (Å²) in [5, 5.41) is 0.894. The van der Waals surface area contributed by atoms with Gasteiger partial charge in [0.15, 0.2) is 11.6 Å².